The van der Waals surface area contributed by atoms with Crippen molar-refractivity contribution in [3.8, 4) is 5.75 Å². The molecule has 0 aliphatic carbocycles. The van der Waals surface area contributed by atoms with Crippen molar-refractivity contribution in [2.45, 2.75) is 38.6 Å². The van der Waals surface area contributed by atoms with Crippen molar-refractivity contribution in [3.05, 3.63) is 65.2 Å². The zero-order chi connectivity index (χ0) is 21.8. The van der Waals surface area contributed by atoms with Crippen LogP contribution in [0.1, 0.15) is 53.4 Å². The van der Waals surface area contributed by atoms with Gasteiger partial charge >= 0.3 is 0 Å². The summed E-state index contributed by atoms with van der Waals surface area (Å²) in [5.41, 5.74) is 2.32. The molecule has 164 valence electrons. The quantitative estimate of drug-likeness (QED) is 0.588. The van der Waals surface area contributed by atoms with E-state index in [-0.39, 0.29) is 23.5 Å². The lowest BCUT2D eigenvalue weighted by molar-refractivity contribution is 0.0907. The second kappa shape index (κ2) is 9.52. The molecule has 6 heteroatoms. The molecule has 0 spiro atoms. The van der Waals surface area contributed by atoms with E-state index in [4.69, 9.17) is 9.15 Å². The minimum atomic E-state index is -0.343. The minimum Gasteiger partial charge on any atom is -0.497 e. The fraction of sp³-hybridized carbons (Fsp3) is 0.400. The van der Waals surface area contributed by atoms with Gasteiger partial charge in [0, 0.05) is 17.5 Å². The number of amides is 1. The Morgan fingerprint density at radius 3 is 2.52 bits per heavy atom. The predicted octanol–water partition coefficient (Wildman–Crippen LogP) is 5.24. The van der Waals surface area contributed by atoms with Crippen molar-refractivity contribution in [1.82, 2.24) is 10.2 Å². The first-order valence-electron chi connectivity index (χ1n) is 10.9. The summed E-state index contributed by atoms with van der Waals surface area (Å²) in [5.74, 6) is 0.434. The molecule has 1 N–H and O–H groups in total. The van der Waals surface area contributed by atoms with Crippen LogP contribution in [0.4, 0.5) is 4.39 Å². The fourth-order valence-corrected chi connectivity index (χ4v) is 4.37. The summed E-state index contributed by atoms with van der Waals surface area (Å²) in [6.45, 7) is 4.27. The monoisotopic (exact) mass is 424 g/mol. The fourth-order valence-electron chi connectivity index (χ4n) is 4.37. The van der Waals surface area contributed by atoms with Gasteiger partial charge < -0.3 is 14.5 Å². The van der Waals surface area contributed by atoms with Gasteiger partial charge in [0.25, 0.3) is 5.91 Å². The van der Waals surface area contributed by atoms with Crippen LogP contribution in [-0.2, 0) is 0 Å². The Morgan fingerprint density at radius 2 is 1.84 bits per heavy atom. The summed E-state index contributed by atoms with van der Waals surface area (Å²) in [5, 5.41) is 3.69. The highest BCUT2D eigenvalue weighted by Gasteiger charge is 2.24. The minimum absolute atomic E-state index is 0.0649. The highest BCUT2D eigenvalue weighted by atomic mass is 19.1. The zero-order valence-electron chi connectivity index (χ0n) is 18.1. The molecular weight excluding hydrogens is 395 g/mol. The predicted molar refractivity (Wildman–Crippen MR) is 119 cm³/mol. The smallest absolute Gasteiger partial charge is 0.287 e. The molecule has 3 aromatic rings. The van der Waals surface area contributed by atoms with Crippen LogP contribution >= 0.6 is 0 Å². The number of nitrogens with one attached hydrogen (secondary N) is 1. The normalized spacial score (nSPS) is 16.1. The van der Waals surface area contributed by atoms with Crippen LogP contribution in [0, 0.1) is 12.7 Å². The second-order valence-corrected chi connectivity index (χ2v) is 8.15. The highest BCUT2D eigenvalue weighted by molar-refractivity contribution is 5.98. The van der Waals surface area contributed by atoms with E-state index in [2.05, 4.69) is 22.3 Å². The van der Waals surface area contributed by atoms with Crippen molar-refractivity contribution in [1.29, 1.82) is 0 Å². The Labute approximate surface area is 182 Å². The van der Waals surface area contributed by atoms with Gasteiger partial charge in [0.15, 0.2) is 5.76 Å². The Morgan fingerprint density at radius 1 is 1.13 bits per heavy atom. The number of hydrogen-bond donors (Lipinski definition) is 1. The van der Waals surface area contributed by atoms with Crippen LogP contribution in [-0.4, -0.2) is 37.6 Å². The number of ether oxygens (including phenoxy) is 1. The second-order valence-electron chi connectivity index (χ2n) is 8.15. The summed E-state index contributed by atoms with van der Waals surface area (Å²) >= 11 is 0. The van der Waals surface area contributed by atoms with Gasteiger partial charge in [-0.15, -0.1) is 0 Å². The molecule has 1 aromatic heterocycles. The van der Waals surface area contributed by atoms with E-state index in [1.807, 2.05) is 12.1 Å². The van der Waals surface area contributed by atoms with E-state index in [0.717, 1.165) is 37.2 Å². The maximum atomic E-state index is 13.6. The molecule has 0 bridgehead atoms. The van der Waals surface area contributed by atoms with Gasteiger partial charge in [-0.2, -0.15) is 0 Å². The Bertz CT molecular complexity index is 1040. The molecule has 0 saturated carbocycles. The average molecular weight is 425 g/mol. The maximum Gasteiger partial charge on any atom is 0.287 e. The van der Waals surface area contributed by atoms with Gasteiger partial charge in [0.1, 0.15) is 17.1 Å². The van der Waals surface area contributed by atoms with Crippen molar-refractivity contribution in [2.24, 2.45) is 0 Å². The third kappa shape index (κ3) is 4.74. The number of fused-ring (bicyclic) bond motifs is 1. The summed E-state index contributed by atoms with van der Waals surface area (Å²) in [7, 11) is 1.66. The number of carbonyl (C=O) groups is 1. The number of hydrogen-bond acceptors (Lipinski definition) is 4. The molecule has 1 unspecified atom stereocenters. The number of aryl methyl sites for hydroxylation is 1. The summed E-state index contributed by atoms with van der Waals surface area (Å²) in [6.07, 6.45) is 4.81. The molecule has 2 heterocycles. The van der Waals surface area contributed by atoms with E-state index in [1.165, 1.54) is 25.0 Å². The lowest BCUT2D eigenvalue weighted by Crippen LogP contribution is -2.38. The third-order valence-electron chi connectivity index (χ3n) is 6.14. The van der Waals surface area contributed by atoms with Gasteiger partial charge in [-0.1, -0.05) is 25.0 Å². The van der Waals surface area contributed by atoms with E-state index in [1.54, 1.807) is 20.1 Å². The van der Waals surface area contributed by atoms with Crippen LogP contribution in [0.25, 0.3) is 11.0 Å². The lowest BCUT2D eigenvalue weighted by atomic mass is 10.0. The number of furan rings is 1. The van der Waals surface area contributed by atoms with Gasteiger partial charge in [-0.05, 0) is 68.8 Å². The van der Waals surface area contributed by atoms with E-state index in [0.29, 0.717) is 23.1 Å². The number of nitrogens with zero attached hydrogens (tertiary/aromatic N) is 1. The maximum absolute atomic E-state index is 13.6. The highest BCUT2D eigenvalue weighted by Crippen LogP contribution is 2.28. The average Bonchev–Trinajstić information content (AvgIpc) is 2.95. The van der Waals surface area contributed by atoms with Gasteiger partial charge in [0.2, 0.25) is 0 Å². The van der Waals surface area contributed by atoms with Gasteiger partial charge in [-0.3, -0.25) is 9.69 Å². The van der Waals surface area contributed by atoms with E-state index < -0.39 is 0 Å². The van der Waals surface area contributed by atoms with Crippen LogP contribution < -0.4 is 10.1 Å². The van der Waals surface area contributed by atoms with Gasteiger partial charge in [-0.25, -0.2) is 4.39 Å². The molecule has 1 aliphatic heterocycles. The largest absolute Gasteiger partial charge is 0.497 e. The van der Waals surface area contributed by atoms with Crippen LogP contribution in [0.15, 0.2) is 46.9 Å². The van der Waals surface area contributed by atoms with Crippen molar-refractivity contribution >= 4 is 16.9 Å². The number of rotatable bonds is 6. The standard InChI is InChI=1S/C25H29FN2O3/c1-17-21-15-19(26)9-12-23(21)31-24(17)25(29)27-16-22(28-13-5-3-4-6-14-28)18-7-10-20(30-2)11-8-18/h7-12,15,22H,3-6,13-14,16H2,1-2H3,(H,27,29). The molecule has 4 rings (SSSR count). The third-order valence-corrected chi connectivity index (χ3v) is 6.14. The summed E-state index contributed by atoms with van der Waals surface area (Å²) in [4.78, 5) is 15.4. The molecule has 31 heavy (non-hydrogen) atoms. The van der Waals surface area contributed by atoms with E-state index in [9.17, 15) is 9.18 Å². The molecule has 1 saturated heterocycles. The molecule has 2 aromatic carbocycles. The van der Waals surface area contributed by atoms with Gasteiger partial charge in [0.05, 0.1) is 13.2 Å². The molecular formula is C25H29FN2O3. The van der Waals surface area contributed by atoms with Crippen molar-refractivity contribution < 1.29 is 18.3 Å². The first-order chi connectivity index (χ1) is 15.1. The molecule has 1 aliphatic rings. The lowest BCUT2D eigenvalue weighted by Gasteiger charge is -2.31. The number of methoxy groups -OCH3 is 1. The number of benzene rings is 2. The Hall–Kier alpha value is -2.86. The van der Waals surface area contributed by atoms with Crippen LogP contribution in [0.3, 0.4) is 0 Å². The number of carbonyl (C=O) groups excluding carboxylic acids is 1. The summed E-state index contributed by atoms with van der Waals surface area (Å²) < 4.78 is 24.6. The first kappa shape index (κ1) is 21.4. The molecule has 1 atom stereocenters. The molecule has 0 radical (unpaired) electrons. The molecule has 1 fully saturated rings. The van der Waals surface area contributed by atoms with Crippen LogP contribution in [0.2, 0.25) is 0 Å². The van der Waals surface area contributed by atoms with Crippen molar-refractivity contribution in [2.75, 3.05) is 26.7 Å². The van der Waals surface area contributed by atoms with E-state index >= 15 is 0 Å². The number of halogens is 1. The zero-order valence-corrected chi connectivity index (χ0v) is 18.1. The Kier molecular flexibility index (Phi) is 6.56. The summed E-state index contributed by atoms with van der Waals surface area (Å²) in [6, 6.07) is 12.4. The molecule has 1 amide bonds. The SMILES string of the molecule is COc1ccc(C(CNC(=O)c2oc3ccc(F)cc3c2C)N2CCCCCC2)cc1. The Balaban J connectivity index is 1.55. The first-order valence-corrected chi connectivity index (χ1v) is 10.9. The number of likely N-dealkylation sites (tertiary alicyclic amines) is 1. The van der Waals surface area contributed by atoms with Crippen molar-refractivity contribution in [3.63, 3.8) is 0 Å². The topological polar surface area (TPSA) is 54.7 Å². The molecule has 5 nitrogen and oxygen atoms in total. The van der Waals surface area contributed by atoms with Crippen LogP contribution in [0.5, 0.6) is 5.75 Å².